The van der Waals surface area contributed by atoms with Crippen LogP contribution >= 0.6 is 11.8 Å². The van der Waals surface area contributed by atoms with Gasteiger partial charge in [-0.15, -0.1) is 10.2 Å². The van der Waals surface area contributed by atoms with Crippen LogP contribution in [0.2, 0.25) is 0 Å². The zero-order valence-corrected chi connectivity index (χ0v) is 16.8. The number of anilines is 1. The molecule has 0 spiro atoms. The third-order valence-corrected chi connectivity index (χ3v) is 5.46. The van der Waals surface area contributed by atoms with E-state index in [-0.39, 0.29) is 11.8 Å². The van der Waals surface area contributed by atoms with E-state index in [2.05, 4.69) is 22.1 Å². The van der Waals surface area contributed by atoms with Gasteiger partial charge in [-0.05, 0) is 24.6 Å². The zero-order valence-electron chi connectivity index (χ0n) is 16.0. The summed E-state index contributed by atoms with van der Waals surface area (Å²) in [5.74, 6) is 0.466. The van der Waals surface area contributed by atoms with Crippen LogP contribution in [0.25, 0.3) is 11.3 Å². The molecule has 8 heteroatoms. The number of benzene rings is 2. The molecule has 1 aliphatic heterocycles. The minimum atomic E-state index is -0.883. The van der Waals surface area contributed by atoms with Gasteiger partial charge in [0.25, 0.3) is 0 Å². The van der Waals surface area contributed by atoms with E-state index in [0.717, 1.165) is 12.2 Å². The number of carbonyl (C=O) groups is 1. The third-order valence-electron chi connectivity index (χ3n) is 4.42. The first-order valence-corrected chi connectivity index (χ1v) is 10.3. The highest BCUT2D eigenvalue weighted by Crippen LogP contribution is 2.43. The summed E-state index contributed by atoms with van der Waals surface area (Å²) in [5, 5.41) is 9.05. The Morgan fingerprint density at radius 1 is 1.21 bits per heavy atom. The lowest BCUT2D eigenvalue weighted by Crippen LogP contribution is -2.36. The highest BCUT2D eigenvalue weighted by molar-refractivity contribution is 7.99. The Bertz CT molecular complexity index is 1060. The number of thioether (sulfide) groups is 1. The molecule has 0 fully saturated rings. The number of nitrogens with zero attached hydrogens (tertiary/aromatic N) is 4. The Hall–Kier alpha value is -3.00. The second kappa shape index (κ2) is 8.16. The second-order valence-corrected chi connectivity index (χ2v) is 7.59. The normalized spacial score (nSPS) is 15.1. The third kappa shape index (κ3) is 3.80. The molecule has 1 aromatic heterocycles. The molecule has 1 amide bonds. The summed E-state index contributed by atoms with van der Waals surface area (Å²) in [7, 11) is 0. The predicted octanol–water partition coefficient (Wildman–Crippen LogP) is 4.62. The van der Waals surface area contributed by atoms with E-state index in [9.17, 15) is 9.18 Å². The first-order valence-electron chi connectivity index (χ1n) is 9.27. The summed E-state index contributed by atoms with van der Waals surface area (Å²) in [6, 6.07) is 13.3. The molecule has 0 aliphatic carbocycles. The van der Waals surface area contributed by atoms with Crippen LogP contribution < -0.4 is 9.64 Å². The fourth-order valence-corrected chi connectivity index (χ4v) is 3.82. The van der Waals surface area contributed by atoms with Crippen molar-refractivity contribution in [1.82, 2.24) is 15.2 Å². The maximum Gasteiger partial charge on any atom is 0.247 e. The monoisotopic (exact) mass is 410 g/mol. The van der Waals surface area contributed by atoms with Crippen molar-refractivity contribution in [2.45, 2.75) is 31.7 Å². The molecule has 0 unspecified atom stereocenters. The van der Waals surface area contributed by atoms with Crippen LogP contribution in [0.3, 0.4) is 0 Å². The first kappa shape index (κ1) is 19.3. The lowest BCUT2D eigenvalue weighted by atomic mass is 10.1. The number of ether oxygens (including phenoxy) is 1. The van der Waals surface area contributed by atoms with Gasteiger partial charge in [0.05, 0.1) is 5.69 Å². The SMILES string of the molecule is CCCSc1nnc2c(n1)O[C@H](c1cccc(F)c1)N(C(C)=O)c1ccccc1-2. The van der Waals surface area contributed by atoms with Crippen molar-refractivity contribution in [3.05, 3.63) is 59.9 Å². The number of hydrogen-bond acceptors (Lipinski definition) is 6. The van der Waals surface area contributed by atoms with Crippen molar-refractivity contribution in [2.75, 3.05) is 10.7 Å². The fourth-order valence-electron chi connectivity index (χ4n) is 3.18. The van der Waals surface area contributed by atoms with E-state index in [1.165, 1.54) is 35.7 Å². The number of rotatable bonds is 4. The molecular weight excluding hydrogens is 391 g/mol. The zero-order chi connectivity index (χ0) is 20.4. The van der Waals surface area contributed by atoms with Crippen molar-refractivity contribution in [3.8, 4) is 17.1 Å². The molecule has 1 atom stereocenters. The van der Waals surface area contributed by atoms with Crippen LogP contribution in [0.4, 0.5) is 10.1 Å². The molecule has 2 aromatic carbocycles. The topological polar surface area (TPSA) is 68.2 Å². The Morgan fingerprint density at radius 3 is 2.79 bits per heavy atom. The molecule has 0 radical (unpaired) electrons. The molecular formula is C21H19FN4O2S. The Kier molecular flexibility index (Phi) is 5.44. The van der Waals surface area contributed by atoms with Gasteiger partial charge in [-0.2, -0.15) is 4.98 Å². The maximum atomic E-state index is 13.9. The van der Waals surface area contributed by atoms with Gasteiger partial charge in [0.2, 0.25) is 23.2 Å². The van der Waals surface area contributed by atoms with Crippen LogP contribution in [0.15, 0.2) is 53.7 Å². The summed E-state index contributed by atoms with van der Waals surface area (Å²) in [6.45, 7) is 3.52. The van der Waals surface area contributed by atoms with Crippen LogP contribution in [-0.4, -0.2) is 26.8 Å². The lowest BCUT2D eigenvalue weighted by Gasteiger charge is -2.29. The maximum absolute atomic E-state index is 13.9. The number of aromatic nitrogens is 3. The predicted molar refractivity (Wildman–Crippen MR) is 109 cm³/mol. The highest BCUT2D eigenvalue weighted by Gasteiger charge is 2.34. The molecule has 4 rings (SSSR count). The van der Waals surface area contributed by atoms with Crippen molar-refractivity contribution >= 4 is 23.4 Å². The lowest BCUT2D eigenvalue weighted by molar-refractivity contribution is -0.118. The largest absolute Gasteiger partial charge is 0.447 e. The van der Waals surface area contributed by atoms with Gasteiger partial charge in [-0.3, -0.25) is 9.69 Å². The van der Waals surface area contributed by atoms with Crippen LogP contribution in [0.5, 0.6) is 5.88 Å². The molecule has 3 aromatic rings. The van der Waals surface area contributed by atoms with Gasteiger partial charge in [-0.1, -0.05) is 49.0 Å². The minimum absolute atomic E-state index is 0.243. The molecule has 148 valence electrons. The molecule has 29 heavy (non-hydrogen) atoms. The highest BCUT2D eigenvalue weighted by atomic mass is 32.2. The van der Waals surface area contributed by atoms with Crippen LogP contribution in [0, 0.1) is 5.82 Å². The van der Waals surface area contributed by atoms with Crippen LogP contribution in [0.1, 0.15) is 32.1 Å². The molecule has 0 bridgehead atoms. The number of hydrogen-bond donors (Lipinski definition) is 0. The van der Waals surface area contributed by atoms with Crippen molar-refractivity contribution in [1.29, 1.82) is 0 Å². The van der Waals surface area contributed by atoms with E-state index >= 15 is 0 Å². The molecule has 0 saturated carbocycles. The number of halogens is 1. The average Bonchev–Trinajstić information content (AvgIpc) is 2.86. The number of fused-ring (bicyclic) bond motifs is 3. The second-order valence-electron chi connectivity index (χ2n) is 6.53. The van der Waals surface area contributed by atoms with Crippen molar-refractivity contribution in [3.63, 3.8) is 0 Å². The van der Waals surface area contributed by atoms with E-state index < -0.39 is 12.0 Å². The smallest absolute Gasteiger partial charge is 0.247 e. The molecule has 6 nitrogen and oxygen atoms in total. The van der Waals surface area contributed by atoms with E-state index in [1.54, 1.807) is 12.1 Å². The Morgan fingerprint density at radius 2 is 2.03 bits per heavy atom. The van der Waals surface area contributed by atoms with Gasteiger partial charge in [0, 0.05) is 23.8 Å². The van der Waals surface area contributed by atoms with Crippen molar-refractivity contribution in [2.24, 2.45) is 0 Å². The Balaban J connectivity index is 1.91. The summed E-state index contributed by atoms with van der Waals surface area (Å²) in [6.07, 6.45) is 0.0880. The number of carbonyl (C=O) groups excluding carboxylic acids is 1. The molecule has 1 aliphatic rings. The number of para-hydroxylation sites is 1. The molecule has 0 N–H and O–H groups in total. The fraction of sp³-hybridized carbons (Fsp3) is 0.238. The van der Waals surface area contributed by atoms with Gasteiger partial charge in [-0.25, -0.2) is 4.39 Å². The quantitative estimate of drug-likeness (QED) is 0.585. The Labute approximate surface area is 172 Å². The van der Waals surface area contributed by atoms with Gasteiger partial charge in [0.1, 0.15) is 5.82 Å². The first-order chi connectivity index (χ1) is 14.1. The molecule has 2 heterocycles. The summed E-state index contributed by atoms with van der Waals surface area (Å²) < 4.78 is 20.1. The number of amides is 1. The van der Waals surface area contributed by atoms with E-state index in [1.807, 2.05) is 24.3 Å². The van der Waals surface area contributed by atoms with Gasteiger partial charge in [0.15, 0.2) is 5.69 Å². The van der Waals surface area contributed by atoms with Gasteiger partial charge < -0.3 is 4.74 Å². The average molecular weight is 410 g/mol. The summed E-state index contributed by atoms with van der Waals surface area (Å²) >= 11 is 1.48. The summed E-state index contributed by atoms with van der Waals surface area (Å²) in [4.78, 5) is 18.7. The molecule has 0 saturated heterocycles. The minimum Gasteiger partial charge on any atom is -0.447 e. The van der Waals surface area contributed by atoms with Crippen LogP contribution in [-0.2, 0) is 4.79 Å². The van der Waals surface area contributed by atoms with Gasteiger partial charge >= 0.3 is 0 Å². The van der Waals surface area contributed by atoms with Crippen molar-refractivity contribution < 1.29 is 13.9 Å². The van der Waals surface area contributed by atoms with E-state index in [4.69, 9.17) is 4.74 Å². The summed E-state index contributed by atoms with van der Waals surface area (Å²) in [5.41, 5.74) is 2.25. The van der Waals surface area contributed by atoms with E-state index in [0.29, 0.717) is 27.7 Å². The standard InChI is InChI=1S/C21H19FN4O2S/c1-3-11-29-21-23-19-18(24-25-21)16-9-4-5-10-17(16)26(13(2)27)20(28-19)14-7-6-8-15(22)12-14/h4-10,12,20H,3,11H2,1-2H3/t20-/m1/s1.